The van der Waals surface area contributed by atoms with Gasteiger partial charge in [0.2, 0.25) is 17.7 Å². The van der Waals surface area contributed by atoms with E-state index in [1.165, 1.54) is 6.92 Å². The lowest BCUT2D eigenvalue weighted by Crippen LogP contribution is -2.59. The van der Waals surface area contributed by atoms with Crippen molar-refractivity contribution in [3.63, 3.8) is 0 Å². The topological polar surface area (TPSA) is 235 Å². The van der Waals surface area contributed by atoms with Crippen LogP contribution in [0, 0.1) is 11.8 Å². The Labute approximate surface area is 200 Å². The number of aliphatic imine (C=N–C) groups is 1. The maximum absolute atomic E-state index is 13.1. The maximum atomic E-state index is 13.1. The second-order valence-corrected chi connectivity index (χ2v) is 8.72. The van der Waals surface area contributed by atoms with Crippen LogP contribution in [0.4, 0.5) is 0 Å². The van der Waals surface area contributed by atoms with Crippen molar-refractivity contribution in [3.8, 4) is 0 Å². The summed E-state index contributed by atoms with van der Waals surface area (Å²) in [6, 6.07) is -4.52. The average Bonchev–Trinajstić information content (AvgIpc) is 2.75. The van der Waals surface area contributed by atoms with Gasteiger partial charge in [0.15, 0.2) is 5.96 Å². The normalized spacial score (nSPS) is 16.4. The highest BCUT2D eigenvalue weighted by Crippen LogP contribution is 2.11. The number of aliphatic hydroxyl groups is 1. The number of carbonyl (C=O) groups excluding carboxylic acids is 3. The summed E-state index contributed by atoms with van der Waals surface area (Å²) in [4.78, 5) is 53.7. The second kappa shape index (κ2) is 15.1. The van der Waals surface area contributed by atoms with Crippen molar-refractivity contribution in [3.05, 3.63) is 0 Å². The molecular weight excluding hydrogens is 446 g/mol. The van der Waals surface area contributed by atoms with Gasteiger partial charge in [0.25, 0.3) is 0 Å². The highest BCUT2D eigenvalue weighted by molar-refractivity contribution is 5.94. The van der Waals surface area contributed by atoms with Gasteiger partial charge in [0, 0.05) is 6.54 Å². The molecule has 0 heterocycles. The first-order valence-corrected chi connectivity index (χ1v) is 11.4. The summed E-state index contributed by atoms with van der Waals surface area (Å²) >= 11 is 0. The average molecular weight is 488 g/mol. The van der Waals surface area contributed by atoms with E-state index in [1.54, 1.807) is 20.8 Å². The first-order chi connectivity index (χ1) is 15.7. The van der Waals surface area contributed by atoms with Crippen molar-refractivity contribution in [2.24, 2.45) is 34.0 Å². The fourth-order valence-electron chi connectivity index (χ4n) is 2.97. The van der Waals surface area contributed by atoms with Gasteiger partial charge in [0.05, 0.1) is 6.10 Å². The van der Waals surface area contributed by atoms with Crippen molar-refractivity contribution in [2.75, 3.05) is 6.54 Å². The van der Waals surface area contributed by atoms with E-state index in [-0.39, 0.29) is 24.8 Å². The lowest BCUT2D eigenvalue weighted by atomic mass is 9.96. The van der Waals surface area contributed by atoms with Crippen LogP contribution in [0.1, 0.15) is 53.9 Å². The fourth-order valence-corrected chi connectivity index (χ4v) is 2.97. The van der Waals surface area contributed by atoms with Crippen LogP contribution in [0.5, 0.6) is 0 Å². The number of amides is 3. The molecule has 13 heteroatoms. The van der Waals surface area contributed by atoms with Gasteiger partial charge in [-0.2, -0.15) is 0 Å². The fraction of sp³-hybridized carbons (Fsp3) is 0.762. The second-order valence-electron chi connectivity index (χ2n) is 8.72. The van der Waals surface area contributed by atoms with Gasteiger partial charge in [-0.25, -0.2) is 4.79 Å². The number of aliphatic carboxylic acids is 1. The van der Waals surface area contributed by atoms with E-state index in [0.29, 0.717) is 12.8 Å². The molecule has 0 aromatic rings. The van der Waals surface area contributed by atoms with Crippen molar-refractivity contribution in [1.82, 2.24) is 16.0 Å². The molecule has 6 unspecified atom stereocenters. The van der Waals surface area contributed by atoms with Crippen molar-refractivity contribution in [2.45, 2.75) is 84.2 Å². The monoisotopic (exact) mass is 487 g/mol. The summed E-state index contributed by atoms with van der Waals surface area (Å²) in [5.74, 6) is -4.08. The molecule has 11 N–H and O–H groups in total. The number of nitrogens with zero attached hydrogens (tertiary/aromatic N) is 1. The van der Waals surface area contributed by atoms with Crippen LogP contribution in [0.3, 0.4) is 0 Å². The van der Waals surface area contributed by atoms with E-state index in [2.05, 4.69) is 20.9 Å². The number of carboxylic acid groups (broad SMARTS) is 1. The summed E-state index contributed by atoms with van der Waals surface area (Å²) in [5, 5.41) is 26.6. The smallest absolute Gasteiger partial charge is 0.326 e. The summed E-state index contributed by atoms with van der Waals surface area (Å²) in [6.07, 6.45) is -0.160. The minimum absolute atomic E-state index is 0.118. The third kappa shape index (κ3) is 10.8. The summed E-state index contributed by atoms with van der Waals surface area (Å²) < 4.78 is 0. The number of hydrogen-bond acceptors (Lipinski definition) is 7. The Kier molecular flexibility index (Phi) is 13.8. The highest BCUT2D eigenvalue weighted by Gasteiger charge is 2.33. The molecule has 0 rings (SSSR count). The zero-order valence-corrected chi connectivity index (χ0v) is 20.6. The van der Waals surface area contributed by atoms with Gasteiger partial charge in [-0.15, -0.1) is 0 Å². The van der Waals surface area contributed by atoms with E-state index in [9.17, 15) is 29.4 Å². The van der Waals surface area contributed by atoms with Crippen molar-refractivity contribution >= 4 is 29.7 Å². The van der Waals surface area contributed by atoms with Crippen LogP contribution in [0.2, 0.25) is 0 Å². The maximum Gasteiger partial charge on any atom is 0.326 e. The number of nitrogens with two attached hydrogens (primary N) is 3. The van der Waals surface area contributed by atoms with E-state index in [1.807, 2.05) is 6.92 Å². The Hall–Kier alpha value is -2.93. The molecule has 0 aromatic carbocycles. The molecule has 0 bridgehead atoms. The van der Waals surface area contributed by atoms with Gasteiger partial charge in [-0.05, 0) is 31.6 Å². The lowest BCUT2D eigenvalue weighted by Gasteiger charge is -2.28. The molecule has 13 nitrogen and oxygen atoms in total. The van der Waals surface area contributed by atoms with E-state index < -0.39 is 59.9 Å². The SMILES string of the molecule is CCC(C)C(NC(=O)C(N)C(C)O)C(=O)NC(CCCN=C(N)N)C(=O)NC(C(=O)O)C(C)C. The van der Waals surface area contributed by atoms with Crippen LogP contribution in [0.15, 0.2) is 4.99 Å². The van der Waals surface area contributed by atoms with Crippen molar-refractivity contribution in [1.29, 1.82) is 0 Å². The molecule has 0 saturated carbocycles. The summed E-state index contributed by atoms with van der Waals surface area (Å²) in [5.41, 5.74) is 16.3. The number of aliphatic hydroxyl groups excluding tert-OH is 1. The molecule has 0 saturated heterocycles. The number of hydrogen-bond donors (Lipinski definition) is 8. The minimum atomic E-state index is -1.24. The molecule has 0 radical (unpaired) electrons. The van der Waals surface area contributed by atoms with Crippen LogP contribution in [-0.2, 0) is 19.2 Å². The third-order valence-electron chi connectivity index (χ3n) is 5.42. The van der Waals surface area contributed by atoms with Crippen LogP contribution >= 0.6 is 0 Å². The molecule has 196 valence electrons. The molecular formula is C21H41N7O6. The van der Waals surface area contributed by atoms with Crippen LogP contribution in [-0.4, -0.2) is 76.7 Å². The quantitative estimate of drug-likeness (QED) is 0.0722. The molecule has 0 aromatic heterocycles. The Morgan fingerprint density at radius 2 is 1.47 bits per heavy atom. The molecule has 0 aliphatic rings. The largest absolute Gasteiger partial charge is 0.480 e. The van der Waals surface area contributed by atoms with E-state index in [0.717, 1.165) is 0 Å². The first-order valence-electron chi connectivity index (χ1n) is 11.4. The summed E-state index contributed by atoms with van der Waals surface area (Å²) in [7, 11) is 0. The predicted octanol–water partition coefficient (Wildman–Crippen LogP) is -2.01. The number of carboxylic acids is 1. The molecule has 34 heavy (non-hydrogen) atoms. The molecule has 3 amide bonds. The third-order valence-corrected chi connectivity index (χ3v) is 5.42. The van der Waals surface area contributed by atoms with Crippen molar-refractivity contribution < 1.29 is 29.4 Å². The Bertz CT molecular complexity index is 724. The zero-order chi connectivity index (χ0) is 26.6. The molecule has 0 aliphatic carbocycles. The lowest BCUT2D eigenvalue weighted by molar-refractivity contribution is -0.143. The van der Waals surface area contributed by atoms with E-state index >= 15 is 0 Å². The standard InChI is InChI=1S/C21H41N7O6/c1-6-11(4)16(28-18(31)14(22)12(5)29)19(32)26-13(8-7-9-25-21(23)24)17(30)27-15(10(2)3)20(33)34/h10-16,29H,6-9,22H2,1-5H3,(H,26,32)(H,27,30)(H,28,31)(H,33,34)(H4,23,24,25). The molecule has 6 atom stereocenters. The Morgan fingerprint density at radius 1 is 0.912 bits per heavy atom. The number of guanidine groups is 1. The van der Waals surface area contributed by atoms with E-state index in [4.69, 9.17) is 17.2 Å². The number of carbonyl (C=O) groups is 4. The van der Waals surface area contributed by atoms with Crippen LogP contribution < -0.4 is 33.2 Å². The Morgan fingerprint density at radius 3 is 1.91 bits per heavy atom. The van der Waals surface area contributed by atoms with Gasteiger partial charge in [-0.3, -0.25) is 19.4 Å². The molecule has 0 spiro atoms. The van der Waals surface area contributed by atoms with Gasteiger partial charge in [-0.1, -0.05) is 34.1 Å². The summed E-state index contributed by atoms with van der Waals surface area (Å²) in [6.45, 7) is 8.41. The molecule has 0 fully saturated rings. The Balaban J connectivity index is 5.67. The molecule has 0 aliphatic heterocycles. The minimum Gasteiger partial charge on any atom is -0.480 e. The van der Waals surface area contributed by atoms with Gasteiger partial charge < -0.3 is 43.4 Å². The van der Waals surface area contributed by atoms with Gasteiger partial charge >= 0.3 is 5.97 Å². The predicted molar refractivity (Wildman–Crippen MR) is 127 cm³/mol. The number of nitrogens with one attached hydrogen (secondary N) is 3. The first kappa shape index (κ1) is 31.1. The number of rotatable bonds is 15. The highest BCUT2D eigenvalue weighted by atomic mass is 16.4. The van der Waals surface area contributed by atoms with Crippen LogP contribution in [0.25, 0.3) is 0 Å². The van der Waals surface area contributed by atoms with Gasteiger partial charge in [0.1, 0.15) is 24.2 Å². The zero-order valence-electron chi connectivity index (χ0n) is 20.6.